The molecule has 1 saturated heterocycles. The van der Waals surface area contributed by atoms with E-state index in [1.807, 2.05) is 0 Å². The molecule has 0 aromatic heterocycles. The van der Waals surface area contributed by atoms with Crippen LogP contribution in [0.1, 0.15) is 36.0 Å². The van der Waals surface area contributed by atoms with Crippen LogP contribution < -0.4 is 4.74 Å². The Kier molecular flexibility index (Phi) is 6.20. The molecule has 1 saturated carbocycles. The topological polar surface area (TPSA) is 61.8 Å². The zero-order valence-corrected chi connectivity index (χ0v) is 16.9. The lowest BCUT2D eigenvalue weighted by Gasteiger charge is -2.25. The van der Waals surface area contributed by atoms with Crippen molar-refractivity contribution in [3.8, 4) is 5.75 Å². The first-order valence-electron chi connectivity index (χ1n) is 10.4. The molecule has 1 aliphatic heterocycles. The number of alkyl halides is 2. The van der Waals surface area contributed by atoms with Crippen molar-refractivity contribution in [3.63, 3.8) is 0 Å². The summed E-state index contributed by atoms with van der Waals surface area (Å²) in [7, 11) is 0. The van der Waals surface area contributed by atoms with Crippen LogP contribution in [0, 0.1) is 11.8 Å². The number of fused-ring (bicyclic) bond motifs is 1. The molecule has 2 aromatic rings. The fraction of sp³-hybridized carbons (Fsp3) is 0.417. The summed E-state index contributed by atoms with van der Waals surface area (Å²) in [6, 6.07) is 17.0. The SMILES string of the molecule is O=C1CC2C(CC(OC(=O)c3ccccc3)C2CCC(F)(F)COc2ccccc2)O1. The Morgan fingerprint density at radius 3 is 2.45 bits per heavy atom. The van der Waals surface area contributed by atoms with Crippen molar-refractivity contribution in [2.75, 3.05) is 6.61 Å². The molecule has 0 bridgehead atoms. The van der Waals surface area contributed by atoms with Gasteiger partial charge < -0.3 is 14.2 Å². The summed E-state index contributed by atoms with van der Waals surface area (Å²) in [6.45, 7) is -0.734. The highest BCUT2D eigenvalue weighted by Gasteiger charge is 2.52. The summed E-state index contributed by atoms with van der Waals surface area (Å²) >= 11 is 0. The van der Waals surface area contributed by atoms with Crippen LogP contribution in [0.15, 0.2) is 60.7 Å². The zero-order valence-electron chi connectivity index (χ0n) is 16.9. The van der Waals surface area contributed by atoms with Crippen LogP contribution in [-0.2, 0) is 14.3 Å². The van der Waals surface area contributed by atoms with Gasteiger partial charge in [0, 0.05) is 24.7 Å². The average molecular weight is 430 g/mol. The third-order valence-electron chi connectivity index (χ3n) is 5.96. The maximum Gasteiger partial charge on any atom is 0.338 e. The number of para-hydroxylation sites is 1. The number of esters is 2. The summed E-state index contributed by atoms with van der Waals surface area (Å²) in [5, 5.41) is 0. The lowest BCUT2D eigenvalue weighted by molar-refractivity contribution is -0.141. The largest absolute Gasteiger partial charge is 0.487 e. The number of ether oxygens (including phenoxy) is 3. The molecule has 0 radical (unpaired) electrons. The molecule has 164 valence electrons. The van der Waals surface area contributed by atoms with Crippen LogP contribution in [0.4, 0.5) is 8.78 Å². The van der Waals surface area contributed by atoms with Gasteiger partial charge in [0.05, 0.1) is 12.0 Å². The first-order valence-corrected chi connectivity index (χ1v) is 10.4. The molecule has 0 spiro atoms. The Hall–Kier alpha value is -2.96. The van der Waals surface area contributed by atoms with E-state index in [4.69, 9.17) is 14.2 Å². The minimum Gasteiger partial charge on any atom is -0.487 e. The van der Waals surface area contributed by atoms with Gasteiger partial charge in [0.15, 0.2) is 6.61 Å². The Morgan fingerprint density at radius 2 is 1.74 bits per heavy atom. The van der Waals surface area contributed by atoms with Crippen molar-refractivity contribution < 1.29 is 32.6 Å². The second kappa shape index (κ2) is 9.04. The molecule has 7 heteroatoms. The maximum atomic E-state index is 14.5. The average Bonchev–Trinajstić information content (AvgIpc) is 3.27. The van der Waals surface area contributed by atoms with Crippen molar-refractivity contribution in [1.29, 1.82) is 0 Å². The number of rotatable bonds is 8. The molecular formula is C24H24F2O5. The molecule has 4 atom stereocenters. The van der Waals surface area contributed by atoms with Crippen molar-refractivity contribution in [2.24, 2.45) is 11.8 Å². The van der Waals surface area contributed by atoms with Crippen molar-refractivity contribution in [1.82, 2.24) is 0 Å². The summed E-state index contributed by atoms with van der Waals surface area (Å²) < 4.78 is 45.2. The Labute approximate surface area is 179 Å². The molecule has 2 aromatic carbocycles. The minimum absolute atomic E-state index is 0.107. The van der Waals surface area contributed by atoms with Gasteiger partial charge >= 0.3 is 11.9 Å². The highest BCUT2D eigenvalue weighted by atomic mass is 19.3. The van der Waals surface area contributed by atoms with E-state index in [0.29, 0.717) is 17.7 Å². The summed E-state index contributed by atoms with van der Waals surface area (Å²) in [4.78, 5) is 24.2. The van der Waals surface area contributed by atoms with E-state index in [1.54, 1.807) is 60.7 Å². The molecule has 5 nitrogen and oxygen atoms in total. The third kappa shape index (κ3) is 5.21. The van der Waals surface area contributed by atoms with Gasteiger partial charge in [0.2, 0.25) is 0 Å². The van der Waals surface area contributed by atoms with Crippen molar-refractivity contribution >= 4 is 11.9 Å². The number of carbonyl (C=O) groups is 2. The fourth-order valence-electron chi connectivity index (χ4n) is 4.43. The number of carbonyl (C=O) groups excluding carboxylic acids is 2. The van der Waals surface area contributed by atoms with Gasteiger partial charge in [-0.15, -0.1) is 0 Å². The van der Waals surface area contributed by atoms with Gasteiger partial charge in [0.25, 0.3) is 5.92 Å². The molecule has 2 fully saturated rings. The maximum absolute atomic E-state index is 14.5. The molecule has 31 heavy (non-hydrogen) atoms. The van der Waals surface area contributed by atoms with E-state index in [-0.39, 0.29) is 36.8 Å². The van der Waals surface area contributed by atoms with Crippen LogP contribution in [-0.4, -0.2) is 36.7 Å². The molecule has 2 aliphatic rings. The monoisotopic (exact) mass is 430 g/mol. The molecule has 0 N–H and O–H groups in total. The van der Waals surface area contributed by atoms with Crippen molar-refractivity contribution in [3.05, 3.63) is 66.2 Å². The summed E-state index contributed by atoms with van der Waals surface area (Å²) in [5.41, 5.74) is 0.400. The fourth-order valence-corrected chi connectivity index (χ4v) is 4.43. The predicted octanol–water partition coefficient (Wildman–Crippen LogP) is 4.66. The lowest BCUT2D eigenvalue weighted by atomic mass is 9.87. The van der Waals surface area contributed by atoms with E-state index >= 15 is 0 Å². The van der Waals surface area contributed by atoms with Gasteiger partial charge in [-0.1, -0.05) is 36.4 Å². The third-order valence-corrected chi connectivity index (χ3v) is 5.96. The minimum atomic E-state index is -3.05. The van der Waals surface area contributed by atoms with Gasteiger partial charge in [0.1, 0.15) is 18.0 Å². The van der Waals surface area contributed by atoms with Crippen molar-refractivity contribution in [2.45, 2.75) is 43.8 Å². The number of hydrogen-bond acceptors (Lipinski definition) is 5. The van der Waals surface area contributed by atoms with E-state index in [1.165, 1.54) is 0 Å². The Balaban J connectivity index is 1.39. The molecule has 0 amide bonds. The van der Waals surface area contributed by atoms with Crippen LogP contribution in [0.25, 0.3) is 0 Å². The number of benzene rings is 2. The second-order valence-electron chi connectivity index (χ2n) is 8.10. The summed E-state index contributed by atoms with van der Waals surface area (Å²) in [5.74, 6) is -4.08. The van der Waals surface area contributed by atoms with Crippen LogP contribution in [0.2, 0.25) is 0 Å². The zero-order chi connectivity index (χ0) is 21.8. The molecule has 4 unspecified atom stereocenters. The van der Waals surface area contributed by atoms with Gasteiger partial charge in [-0.25, -0.2) is 13.6 Å². The molecule has 1 aliphatic carbocycles. The van der Waals surface area contributed by atoms with E-state index < -0.39 is 31.0 Å². The molecule has 4 rings (SSSR count). The highest BCUT2D eigenvalue weighted by molar-refractivity contribution is 5.89. The second-order valence-corrected chi connectivity index (χ2v) is 8.10. The van der Waals surface area contributed by atoms with Crippen LogP contribution >= 0.6 is 0 Å². The first-order chi connectivity index (χ1) is 14.9. The molecular weight excluding hydrogens is 406 g/mol. The standard InChI is InChI=1S/C24H24F2O5/c25-24(26,15-29-17-9-5-2-6-10-17)12-11-18-19-13-22(27)30-21(19)14-20(18)31-23(28)16-7-3-1-4-8-16/h1-10,18-21H,11-15H2. The quantitative estimate of drug-likeness (QED) is 0.570. The number of halogens is 2. The van der Waals surface area contributed by atoms with Gasteiger partial charge in [-0.3, -0.25) is 4.79 Å². The van der Waals surface area contributed by atoms with E-state index in [2.05, 4.69) is 0 Å². The van der Waals surface area contributed by atoms with E-state index in [0.717, 1.165) is 0 Å². The number of hydrogen-bond donors (Lipinski definition) is 0. The normalized spacial score (nSPS) is 25.0. The van der Waals surface area contributed by atoms with Gasteiger partial charge in [-0.05, 0) is 30.7 Å². The molecule has 1 heterocycles. The lowest BCUT2D eigenvalue weighted by Crippen LogP contribution is -2.31. The Bertz CT molecular complexity index is 903. The first kappa shape index (κ1) is 21.3. The van der Waals surface area contributed by atoms with Crippen LogP contribution in [0.3, 0.4) is 0 Å². The van der Waals surface area contributed by atoms with E-state index in [9.17, 15) is 18.4 Å². The predicted molar refractivity (Wildman–Crippen MR) is 108 cm³/mol. The smallest absolute Gasteiger partial charge is 0.338 e. The Morgan fingerprint density at radius 1 is 1.06 bits per heavy atom. The summed E-state index contributed by atoms with van der Waals surface area (Å²) in [6.07, 6.45) is -0.773. The van der Waals surface area contributed by atoms with Crippen LogP contribution in [0.5, 0.6) is 5.75 Å². The van der Waals surface area contributed by atoms with Gasteiger partial charge in [-0.2, -0.15) is 0 Å². The highest BCUT2D eigenvalue weighted by Crippen LogP contribution is 2.46.